The quantitative estimate of drug-likeness (QED) is 0.887. The zero-order chi connectivity index (χ0) is 15.1. The fourth-order valence-corrected chi connectivity index (χ4v) is 2.15. The van der Waals surface area contributed by atoms with E-state index in [1.54, 1.807) is 12.1 Å². The number of para-hydroxylation sites is 1. The Morgan fingerprint density at radius 2 is 1.95 bits per heavy atom. The predicted octanol–water partition coefficient (Wildman–Crippen LogP) is 3.47. The van der Waals surface area contributed by atoms with Gasteiger partial charge in [-0.3, -0.25) is 4.79 Å². The third-order valence-corrected chi connectivity index (χ3v) is 3.14. The van der Waals surface area contributed by atoms with Crippen LogP contribution in [0.15, 0.2) is 54.6 Å². The number of nitrogens with one attached hydrogen (secondary N) is 1. The second-order valence-corrected chi connectivity index (χ2v) is 5.34. The number of carbonyl (C=O) groups is 1. The molecule has 21 heavy (non-hydrogen) atoms. The van der Waals surface area contributed by atoms with Crippen LogP contribution in [0.5, 0.6) is 5.75 Å². The number of hydrogen-bond donors (Lipinski definition) is 1. The van der Waals surface area contributed by atoms with Crippen LogP contribution in [0.1, 0.15) is 12.5 Å². The Balaban J connectivity index is 1.77. The van der Waals surface area contributed by atoms with Crippen molar-refractivity contribution in [3.05, 3.63) is 65.2 Å². The molecule has 0 radical (unpaired) electrons. The fraction of sp³-hybridized carbons (Fsp3) is 0.235. The number of carbonyl (C=O) groups excluding carboxylic acids is 1. The molecule has 3 nitrogen and oxygen atoms in total. The van der Waals surface area contributed by atoms with E-state index in [1.165, 1.54) is 0 Å². The van der Waals surface area contributed by atoms with Crippen LogP contribution in [0.4, 0.5) is 0 Å². The van der Waals surface area contributed by atoms with Crippen LogP contribution < -0.4 is 10.1 Å². The molecule has 110 valence electrons. The van der Waals surface area contributed by atoms with Crippen molar-refractivity contribution in [1.82, 2.24) is 5.32 Å². The van der Waals surface area contributed by atoms with Gasteiger partial charge in [-0.15, -0.1) is 0 Å². The molecule has 1 N–H and O–H groups in total. The maximum absolute atomic E-state index is 11.9. The van der Waals surface area contributed by atoms with Crippen LogP contribution in [0.2, 0.25) is 5.02 Å². The molecule has 0 spiro atoms. The van der Waals surface area contributed by atoms with Gasteiger partial charge >= 0.3 is 0 Å². The van der Waals surface area contributed by atoms with E-state index < -0.39 is 0 Å². The van der Waals surface area contributed by atoms with Gasteiger partial charge in [0.15, 0.2) is 0 Å². The molecule has 0 aliphatic carbocycles. The summed E-state index contributed by atoms with van der Waals surface area (Å²) in [6.45, 7) is 2.35. The lowest BCUT2D eigenvalue weighted by molar-refractivity contribution is -0.121. The maximum atomic E-state index is 11.9. The summed E-state index contributed by atoms with van der Waals surface area (Å²) < 4.78 is 5.60. The lowest BCUT2D eigenvalue weighted by atomic mass is 10.1. The molecule has 2 aromatic rings. The zero-order valence-electron chi connectivity index (χ0n) is 11.9. The minimum atomic E-state index is -0.0584. The van der Waals surface area contributed by atoms with Crippen molar-refractivity contribution in [3.63, 3.8) is 0 Å². The Morgan fingerprint density at radius 3 is 2.67 bits per heavy atom. The van der Waals surface area contributed by atoms with E-state index in [0.717, 1.165) is 11.3 Å². The van der Waals surface area contributed by atoms with E-state index in [9.17, 15) is 4.79 Å². The molecule has 0 aromatic heterocycles. The first kappa shape index (κ1) is 15.4. The highest BCUT2D eigenvalue weighted by molar-refractivity contribution is 6.30. The average molecular weight is 304 g/mol. The summed E-state index contributed by atoms with van der Waals surface area (Å²) >= 11 is 5.90. The molecule has 0 aliphatic heterocycles. The number of rotatable bonds is 6. The van der Waals surface area contributed by atoms with E-state index in [4.69, 9.17) is 16.3 Å². The molecule has 0 heterocycles. The van der Waals surface area contributed by atoms with Gasteiger partial charge in [0.1, 0.15) is 12.4 Å². The summed E-state index contributed by atoms with van der Waals surface area (Å²) in [5.74, 6) is 0.759. The number of amides is 1. The molecule has 0 saturated carbocycles. The second-order valence-electron chi connectivity index (χ2n) is 4.90. The summed E-state index contributed by atoms with van der Waals surface area (Å²) in [6.07, 6.45) is 0.316. The number of ether oxygens (including phenoxy) is 1. The molecular weight excluding hydrogens is 286 g/mol. The van der Waals surface area contributed by atoms with E-state index in [0.29, 0.717) is 18.1 Å². The molecule has 0 aliphatic rings. The van der Waals surface area contributed by atoms with Gasteiger partial charge in [0.2, 0.25) is 5.91 Å². The molecule has 2 rings (SSSR count). The van der Waals surface area contributed by atoms with Crippen LogP contribution in [-0.2, 0) is 11.2 Å². The van der Waals surface area contributed by atoms with Crippen LogP contribution >= 0.6 is 11.6 Å². The van der Waals surface area contributed by atoms with Gasteiger partial charge in [0, 0.05) is 5.02 Å². The Morgan fingerprint density at radius 1 is 1.19 bits per heavy atom. The van der Waals surface area contributed by atoms with Crippen molar-refractivity contribution in [3.8, 4) is 5.75 Å². The van der Waals surface area contributed by atoms with Crippen molar-refractivity contribution in [2.24, 2.45) is 0 Å². The Kier molecular flexibility index (Phi) is 5.64. The second kappa shape index (κ2) is 7.70. The van der Waals surface area contributed by atoms with Gasteiger partial charge in [0.25, 0.3) is 0 Å². The standard InChI is InChI=1S/C17H18ClNO2/c1-13(12-21-16-8-3-2-4-9-16)19-17(20)11-14-6-5-7-15(18)10-14/h2-10,13H,11-12H2,1H3,(H,19,20)/t13-/m1/s1. The zero-order valence-corrected chi connectivity index (χ0v) is 12.6. The molecule has 0 fully saturated rings. The van der Waals surface area contributed by atoms with Gasteiger partial charge in [-0.05, 0) is 36.8 Å². The van der Waals surface area contributed by atoms with Crippen LogP contribution in [-0.4, -0.2) is 18.6 Å². The summed E-state index contributed by atoms with van der Waals surface area (Å²) in [5, 5.41) is 3.55. The molecule has 1 amide bonds. The third kappa shape index (κ3) is 5.48. The SMILES string of the molecule is C[C@H](COc1ccccc1)NC(=O)Cc1cccc(Cl)c1. The lowest BCUT2D eigenvalue weighted by Crippen LogP contribution is -2.37. The van der Waals surface area contributed by atoms with Crippen LogP contribution in [0.25, 0.3) is 0 Å². The van der Waals surface area contributed by atoms with Crippen molar-refractivity contribution >= 4 is 17.5 Å². The highest BCUT2D eigenvalue weighted by Crippen LogP contribution is 2.11. The minimum Gasteiger partial charge on any atom is -0.491 e. The van der Waals surface area contributed by atoms with Gasteiger partial charge in [-0.1, -0.05) is 41.9 Å². The van der Waals surface area contributed by atoms with Crippen LogP contribution in [0.3, 0.4) is 0 Å². The Bertz CT molecular complexity index is 586. The minimum absolute atomic E-state index is 0.0403. The smallest absolute Gasteiger partial charge is 0.224 e. The largest absolute Gasteiger partial charge is 0.491 e. The monoisotopic (exact) mass is 303 g/mol. The highest BCUT2D eigenvalue weighted by Gasteiger charge is 2.09. The third-order valence-electron chi connectivity index (χ3n) is 2.90. The first-order valence-electron chi connectivity index (χ1n) is 6.85. The van der Waals surface area contributed by atoms with E-state index >= 15 is 0 Å². The van der Waals surface area contributed by atoms with Crippen molar-refractivity contribution in [1.29, 1.82) is 0 Å². The fourth-order valence-electron chi connectivity index (χ4n) is 1.94. The lowest BCUT2D eigenvalue weighted by Gasteiger charge is -2.15. The van der Waals surface area contributed by atoms with E-state index in [1.807, 2.05) is 49.4 Å². The molecular formula is C17H18ClNO2. The van der Waals surface area contributed by atoms with Crippen molar-refractivity contribution in [2.75, 3.05) is 6.61 Å². The predicted molar refractivity (Wildman–Crippen MR) is 84.7 cm³/mol. The van der Waals surface area contributed by atoms with Crippen molar-refractivity contribution < 1.29 is 9.53 Å². The Hall–Kier alpha value is -2.00. The molecule has 4 heteroatoms. The first-order chi connectivity index (χ1) is 10.1. The molecule has 0 bridgehead atoms. The summed E-state index contributed by atoms with van der Waals surface area (Å²) in [5.41, 5.74) is 0.899. The normalized spacial score (nSPS) is 11.7. The van der Waals surface area contributed by atoms with Crippen LogP contribution in [0, 0.1) is 0 Å². The topological polar surface area (TPSA) is 38.3 Å². The number of benzene rings is 2. The number of halogens is 1. The van der Waals surface area contributed by atoms with Gasteiger partial charge < -0.3 is 10.1 Å². The van der Waals surface area contributed by atoms with Gasteiger partial charge in [-0.2, -0.15) is 0 Å². The van der Waals surface area contributed by atoms with Crippen molar-refractivity contribution in [2.45, 2.75) is 19.4 Å². The highest BCUT2D eigenvalue weighted by atomic mass is 35.5. The number of hydrogen-bond acceptors (Lipinski definition) is 2. The summed E-state index contributed by atoms with van der Waals surface area (Å²) in [7, 11) is 0. The molecule has 0 unspecified atom stereocenters. The molecule has 1 atom stereocenters. The van der Waals surface area contributed by atoms with E-state index in [2.05, 4.69) is 5.32 Å². The first-order valence-corrected chi connectivity index (χ1v) is 7.23. The molecule has 2 aromatic carbocycles. The Labute approximate surface area is 129 Å². The maximum Gasteiger partial charge on any atom is 0.224 e. The average Bonchev–Trinajstić information content (AvgIpc) is 2.46. The summed E-state index contributed by atoms with van der Waals surface area (Å²) in [4.78, 5) is 11.9. The van der Waals surface area contributed by atoms with Gasteiger partial charge in [0.05, 0.1) is 12.5 Å². The van der Waals surface area contributed by atoms with Gasteiger partial charge in [-0.25, -0.2) is 0 Å². The van der Waals surface area contributed by atoms with E-state index in [-0.39, 0.29) is 11.9 Å². The summed E-state index contributed by atoms with van der Waals surface area (Å²) in [6, 6.07) is 16.8. The molecule has 0 saturated heterocycles.